The predicted molar refractivity (Wildman–Crippen MR) is 74.2 cm³/mol. The molecule has 3 N–H and O–H groups in total. The van der Waals surface area contributed by atoms with Crippen molar-refractivity contribution in [1.82, 2.24) is 10.3 Å². The molecular formula is C14H16N4O2. The molecule has 20 heavy (non-hydrogen) atoms. The number of Topliss-reactive ketones (excluding diaryl/α,β-unsaturated/α-hetero) is 1. The molecule has 6 nitrogen and oxygen atoms in total. The van der Waals surface area contributed by atoms with Crippen molar-refractivity contribution in [3.05, 3.63) is 35.9 Å². The molecule has 1 aromatic heterocycles. The number of hydrogen-bond acceptors (Lipinski definition) is 6. The van der Waals surface area contributed by atoms with Gasteiger partial charge in [-0.05, 0) is 28.2 Å². The van der Waals surface area contributed by atoms with Crippen LogP contribution in [-0.2, 0) is 4.79 Å². The first-order valence-electron chi connectivity index (χ1n) is 6.63. The maximum Gasteiger partial charge on any atom is 0.215 e. The molecule has 1 aliphatic rings. The molecule has 0 unspecified atom stereocenters. The highest BCUT2D eigenvalue weighted by Crippen LogP contribution is 2.32. The van der Waals surface area contributed by atoms with Gasteiger partial charge in [0.1, 0.15) is 5.78 Å². The summed E-state index contributed by atoms with van der Waals surface area (Å²) >= 11 is 0. The van der Waals surface area contributed by atoms with E-state index in [1.54, 1.807) is 0 Å². The Hall–Kier alpha value is -2.37. The van der Waals surface area contributed by atoms with E-state index in [2.05, 4.69) is 32.4 Å². The van der Waals surface area contributed by atoms with Crippen molar-refractivity contribution >= 4 is 17.4 Å². The van der Waals surface area contributed by atoms with Crippen LogP contribution in [-0.4, -0.2) is 22.1 Å². The van der Waals surface area contributed by atoms with Gasteiger partial charge in [0.25, 0.3) is 0 Å². The molecule has 0 saturated heterocycles. The summed E-state index contributed by atoms with van der Waals surface area (Å²) in [6, 6.07) is 10.1. The van der Waals surface area contributed by atoms with Gasteiger partial charge in [-0.25, -0.2) is 4.63 Å². The lowest BCUT2D eigenvalue weighted by Crippen LogP contribution is -2.31. The second-order valence-electron chi connectivity index (χ2n) is 5.13. The Kier molecular flexibility index (Phi) is 3.37. The highest BCUT2D eigenvalue weighted by atomic mass is 16.6. The summed E-state index contributed by atoms with van der Waals surface area (Å²) in [5, 5.41) is 10.4. The Balaban J connectivity index is 1.74. The number of anilines is 2. The van der Waals surface area contributed by atoms with Gasteiger partial charge in [0.15, 0.2) is 0 Å². The number of rotatable bonds is 3. The number of nitrogens with one attached hydrogen (secondary N) is 1. The zero-order valence-electron chi connectivity index (χ0n) is 11.0. The Morgan fingerprint density at radius 3 is 2.70 bits per heavy atom. The van der Waals surface area contributed by atoms with Crippen LogP contribution in [0.25, 0.3) is 0 Å². The van der Waals surface area contributed by atoms with E-state index < -0.39 is 0 Å². The average molecular weight is 272 g/mol. The van der Waals surface area contributed by atoms with Crippen LogP contribution < -0.4 is 11.1 Å². The number of carbonyl (C=O) groups is 1. The van der Waals surface area contributed by atoms with Crippen molar-refractivity contribution < 1.29 is 9.42 Å². The van der Waals surface area contributed by atoms with Crippen LogP contribution in [0.4, 0.5) is 11.6 Å². The highest BCUT2D eigenvalue weighted by molar-refractivity contribution is 5.81. The monoisotopic (exact) mass is 272 g/mol. The van der Waals surface area contributed by atoms with Crippen molar-refractivity contribution in [3.8, 4) is 0 Å². The van der Waals surface area contributed by atoms with Gasteiger partial charge in [-0.2, -0.15) is 0 Å². The molecule has 0 bridgehead atoms. The SMILES string of the molecule is Nc1nonc1N[C@H]1CC(=O)C[C@H](c2ccccc2)C1. The minimum Gasteiger partial charge on any atom is -0.378 e. The smallest absolute Gasteiger partial charge is 0.215 e. The van der Waals surface area contributed by atoms with E-state index in [4.69, 9.17) is 5.73 Å². The third kappa shape index (κ3) is 2.64. The summed E-state index contributed by atoms with van der Waals surface area (Å²) < 4.78 is 4.55. The Labute approximate surface area is 116 Å². The van der Waals surface area contributed by atoms with E-state index in [1.807, 2.05) is 18.2 Å². The van der Waals surface area contributed by atoms with Gasteiger partial charge in [-0.3, -0.25) is 4.79 Å². The highest BCUT2D eigenvalue weighted by Gasteiger charge is 2.29. The molecule has 0 aliphatic heterocycles. The van der Waals surface area contributed by atoms with Crippen LogP contribution in [0.1, 0.15) is 30.7 Å². The van der Waals surface area contributed by atoms with E-state index in [9.17, 15) is 4.79 Å². The van der Waals surface area contributed by atoms with E-state index >= 15 is 0 Å². The van der Waals surface area contributed by atoms with Gasteiger partial charge in [-0.15, -0.1) is 0 Å². The quantitative estimate of drug-likeness (QED) is 0.887. The largest absolute Gasteiger partial charge is 0.378 e. The molecule has 1 aliphatic carbocycles. The van der Waals surface area contributed by atoms with E-state index in [1.165, 1.54) is 5.56 Å². The summed E-state index contributed by atoms with van der Waals surface area (Å²) in [4.78, 5) is 11.9. The number of benzene rings is 1. The summed E-state index contributed by atoms with van der Waals surface area (Å²) in [7, 11) is 0. The second-order valence-corrected chi connectivity index (χ2v) is 5.13. The zero-order valence-corrected chi connectivity index (χ0v) is 11.0. The van der Waals surface area contributed by atoms with Gasteiger partial charge in [0.05, 0.1) is 0 Å². The molecular weight excluding hydrogens is 256 g/mol. The van der Waals surface area contributed by atoms with Gasteiger partial charge in [-0.1, -0.05) is 30.3 Å². The number of ketones is 1. The molecule has 0 spiro atoms. The molecule has 104 valence electrons. The molecule has 1 fully saturated rings. The van der Waals surface area contributed by atoms with Crippen molar-refractivity contribution in [2.45, 2.75) is 31.2 Å². The fourth-order valence-corrected chi connectivity index (χ4v) is 2.72. The second kappa shape index (κ2) is 5.32. The predicted octanol–water partition coefficient (Wildman–Crippen LogP) is 1.97. The summed E-state index contributed by atoms with van der Waals surface area (Å²) in [6.07, 6.45) is 1.94. The third-order valence-electron chi connectivity index (χ3n) is 3.64. The molecule has 6 heteroatoms. The lowest BCUT2D eigenvalue weighted by atomic mass is 9.80. The van der Waals surface area contributed by atoms with Gasteiger partial charge < -0.3 is 11.1 Å². The van der Waals surface area contributed by atoms with Crippen molar-refractivity contribution in [2.75, 3.05) is 11.1 Å². The molecule has 0 amide bonds. The molecule has 1 aromatic carbocycles. The summed E-state index contributed by atoms with van der Waals surface area (Å²) in [5.74, 6) is 1.12. The number of aromatic nitrogens is 2. The molecule has 1 heterocycles. The van der Waals surface area contributed by atoms with Crippen molar-refractivity contribution in [2.24, 2.45) is 0 Å². The summed E-state index contributed by atoms with van der Waals surface area (Å²) in [5.41, 5.74) is 6.82. The van der Waals surface area contributed by atoms with Crippen molar-refractivity contribution in [3.63, 3.8) is 0 Å². The number of nitrogen functional groups attached to an aromatic ring is 1. The maximum atomic E-state index is 11.9. The van der Waals surface area contributed by atoms with E-state index in [-0.39, 0.29) is 23.6 Å². The zero-order chi connectivity index (χ0) is 13.9. The molecule has 2 atom stereocenters. The maximum absolute atomic E-state index is 11.9. The van der Waals surface area contributed by atoms with E-state index in [0.29, 0.717) is 18.7 Å². The molecule has 3 rings (SSSR count). The van der Waals surface area contributed by atoms with Gasteiger partial charge >= 0.3 is 0 Å². The fourth-order valence-electron chi connectivity index (χ4n) is 2.72. The van der Waals surface area contributed by atoms with Crippen LogP contribution in [0.15, 0.2) is 35.0 Å². The Morgan fingerprint density at radius 1 is 1.20 bits per heavy atom. The number of nitrogens with two attached hydrogens (primary N) is 1. The number of carbonyl (C=O) groups excluding carboxylic acids is 1. The fraction of sp³-hybridized carbons (Fsp3) is 0.357. The number of nitrogens with zero attached hydrogens (tertiary/aromatic N) is 2. The first-order valence-corrected chi connectivity index (χ1v) is 6.63. The van der Waals surface area contributed by atoms with Gasteiger partial charge in [0.2, 0.25) is 11.6 Å². The Morgan fingerprint density at radius 2 is 2.00 bits per heavy atom. The molecule has 0 radical (unpaired) electrons. The first kappa shape index (κ1) is 12.7. The molecule has 1 saturated carbocycles. The lowest BCUT2D eigenvalue weighted by molar-refractivity contribution is -0.120. The number of hydrogen-bond donors (Lipinski definition) is 2. The van der Waals surface area contributed by atoms with Gasteiger partial charge in [0, 0.05) is 18.9 Å². The van der Waals surface area contributed by atoms with Crippen LogP contribution >= 0.6 is 0 Å². The topological polar surface area (TPSA) is 94.0 Å². The standard InChI is InChI=1S/C14H16N4O2/c15-13-14(18-20-17-13)16-11-6-10(7-12(19)8-11)9-4-2-1-3-5-9/h1-5,10-11H,6-8H2,(H2,15,17)(H,16,18)/t10-,11-/m1/s1. The average Bonchev–Trinajstić information content (AvgIpc) is 2.85. The normalized spacial score (nSPS) is 22.7. The van der Waals surface area contributed by atoms with Crippen molar-refractivity contribution in [1.29, 1.82) is 0 Å². The lowest BCUT2D eigenvalue weighted by Gasteiger charge is -2.29. The van der Waals surface area contributed by atoms with Crippen LogP contribution in [0.5, 0.6) is 0 Å². The van der Waals surface area contributed by atoms with E-state index in [0.717, 1.165) is 6.42 Å². The first-order chi connectivity index (χ1) is 9.72. The third-order valence-corrected chi connectivity index (χ3v) is 3.64. The van der Waals surface area contributed by atoms with Crippen LogP contribution in [0, 0.1) is 0 Å². The van der Waals surface area contributed by atoms with Crippen LogP contribution in [0.3, 0.4) is 0 Å². The van der Waals surface area contributed by atoms with Crippen LogP contribution in [0.2, 0.25) is 0 Å². The minimum atomic E-state index is 0.00987. The molecule has 2 aromatic rings. The minimum absolute atomic E-state index is 0.00987. The summed E-state index contributed by atoms with van der Waals surface area (Å²) in [6.45, 7) is 0. The Bertz CT molecular complexity index is 596.